The average molecular weight is 325 g/mol. The number of amides is 2. The average Bonchev–Trinajstić information content (AvgIpc) is 3.12. The Hall–Kier alpha value is -3.15. The molecule has 3 rings (SSSR count). The summed E-state index contributed by atoms with van der Waals surface area (Å²) in [6, 6.07) is 16.4. The summed E-state index contributed by atoms with van der Waals surface area (Å²) in [5.74, 6) is -0.349. The maximum absolute atomic E-state index is 13.6. The Labute approximate surface area is 138 Å². The van der Waals surface area contributed by atoms with E-state index < -0.39 is 6.04 Å². The molecule has 3 aromatic rings. The summed E-state index contributed by atoms with van der Waals surface area (Å²) in [5, 5.41) is 9.30. The zero-order valence-electron chi connectivity index (χ0n) is 12.8. The van der Waals surface area contributed by atoms with Gasteiger partial charge in [0.15, 0.2) is 0 Å². The van der Waals surface area contributed by atoms with Crippen molar-refractivity contribution < 1.29 is 13.7 Å². The van der Waals surface area contributed by atoms with Crippen molar-refractivity contribution in [3.63, 3.8) is 0 Å². The minimum absolute atomic E-state index is 0.243. The van der Waals surface area contributed by atoms with Crippen LogP contribution in [0.1, 0.15) is 22.9 Å². The van der Waals surface area contributed by atoms with Crippen molar-refractivity contribution in [3.8, 4) is 0 Å². The summed E-state index contributed by atoms with van der Waals surface area (Å²) in [6.07, 6.45) is 1.44. The van der Waals surface area contributed by atoms with E-state index in [1.807, 2.05) is 30.3 Å². The first-order valence-electron chi connectivity index (χ1n) is 7.46. The first kappa shape index (κ1) is 15.7. The minimum atomic E-state index is -0.459. The van der Waals surface area contributed by atoms with Crippen molar-refractivity contribution >= 4 is 6.03 Å². The molecule has 0 unspecified atom stereocenters. The van der Waals surface area contributed by atoms with Crippen LogP contribution in [0.5, 0.6) is 0 Å². The molecule has 0 bridgehead atoms. The molecular weight excluding hydrogens is 309 g/mol. The van der Waals surface area contributed by atoms with Crippen LogP contribution in [0.25, 0.3) is 0 Å². The van der Waals surface area contributed by atoms with E-state index in [0.717, 1.165) is 5.56 Å². The molecule has 2 aromatic carbocycles. The molecule has 0 aliphatic rings. The standard InChI is InChI=1S/C18H16FN3O2/c19-15-8-4-7-14(11-15)17(13-5-2-1-3-6-13)21-18(23)20-12-16-9-10-24-22-16/h1-11,17H,12H2,(H2,20,21,23)/t17-/m0/s1. The summed E-state index contributed by atoms with van der Waals surface area (Å²) in [6.45, 7) is 0.243. The Bertz CT molecular complexity index is 791. The van der Waals surface area contributed by atoms with Crippen LogP contribution in [0.15, 0.2) is 71.4 Å². The van der Waals surface area contributed by atoms with Crippen LogP contribution < -0.4 is 10.6 Å². The third kappa shape index (κ3) is 3.98. The van der Waals surface area contributed by atoms with Gasteiger partial charge < -0.3 is 15.2 Å². The van der Waals surface area contributed by atoms with Crippen molar-refractivity contribution in [2.24, 2.45) is 0 Å². The first-order valence-corrected chi connectivity index (χ1v) is 7.46. The molecule has 5 nitrogen and oxygen atoms in total. The highest BCUT2D eigenvalue weighted by Gasteiger charge is 2.17. The molecular formula is C18H16FN3O2. The zero-order valence-corrected chi connectivity index (χ0v) is 12.8. The van der Waals surface area contributed by atoms with Gasteiger partial charge in [-0.1, -0.05) is 47.6 Å². The van der Waals surface area contributed by atoms with Gasteiger partial charge in [-0.25, -0.2) is 9.18 Å². The lowest BCUT2D eigenvalue weighted by Crippen LogP contribution is -2.38. The van der Waals surface area contributed by atoms with Crippen LogP contribution in [0.4, 0.5) is 9.18 Å². The van der Waals surface area contributed by atoms with E-state index in [1.54, 1.807) is 18.2 Å². The molecule has 1 aromatic heterocycles. The molecule has 0 aliphatic carbocycles. The number of hydrogen-bond donors (Lipinski definition) is 2. The van der Waals surface area contributed by atoms with Crippen LogP contribution in [-0.2, 0) is 6.54 Å². The van der Waals surface area contributed by atoms with E-state index in [2.05, 4.69) is 15.8 Å². The number of urea groups is 1. The summed E-state index contributed by atoms with van der Waals surface area (Å²) in [5.41, 5.74) is 2.14. The van der Waals surface area contributed by atoms with Crippen molar-refractivity contribution in [2.45, 2.75) is 12.6 Å². The quantitative estimate of drug-likeness (QED) is 0.755. The molecule has 1 atom stereocenters. The van der Waals surface area contributed by atoms with Gasteiger partial charge in [-0.05, 0) is 23.3 Å². The number of aromatic nitrogens is 1. The Balaban J connectivity index is 1.76. The molecule has 6 heteroatoms. The maximum atomic E-state index is 13.6. The fraction of sp³-hybridized carbons (Fsp3) is 0.111. The SMILES string of the molecule is O=C(NCc1ccon1)N[C@@H](c1ccccc1)c1cccc(F)c1. The monoisotopic (exact) mass is 325 g/mol. The van der Waals surface area contributed by atoms with Crippen molar-refractivity contribution in [3.05, 3.63) is 89.6 Å². The zero-order chi connectivity index (χ0) is 16.8. The molecule has 1 heterocycles. The van der Waals surface area contributed by atoms with Gasteiger partial charge in [0, 0.05) is 6.07 Å². The molecule has 0 saturated carbocycles. The summed E-state index contributed by atoms with van der Waals surface area (Å²) in [4.78, 5) is 12.2. The van der Waals surface area contributed by atoms with E-state index in [9.17, 15) is 9.18 Å². The second-order valence-electron chi connectivity index (χ2n) is 5.22. The van der Waals surface area contributed by atoms with Crippen molar-refractivity contribution in [2.75, 3.05) is 0 Å². The molecule has 0 radical (unpaired) electrons. The molecule has 0 spiro atoms. The van der Waals surface area contributed by atoms with Crippen LogP contribution in [0.3, 0.4) is 0 Å². The van der Waals surface area contributed by atoms with Crippen LogP contribution in [0, 0.1) is 5.82 Å². The van der Waals surface area contributed by atoms with Gasteiger partial charge in [-0.2, -0.15) is 0 Å². The maximum Gasteiger partial charge on any atom is 0.315 e. The highest BCUT2D eigenvalue weighted by molar-refractivity contribution is 5.75. The molecule has 0 fully saturated rings. The van der Waals surface area contributed by atoms with Gasteiger partial charge in [-0.15, -0.1) is 0 Å². The van der Waals surface area contributed by atoms with Gasteiger partial charge in [-0.3, -0.25) is 0 Å². The minimum Gasteiger partial charge on any atom is -0.364 e. The molecule has 0 aliphatic heterocycles. The van der Waals surface area contributed by atoms with E-state index in [-0.39, 0.29) is 18.4 Å². The van der Waals surface area contributed by atoms with Crippen LogP contribution in [0.2, 0.25) is 0 Å². The van der Waals surface area contributed by atoms with Gasteiger partial charge in [0.1, 0.15) is 17.8 Å². The Morgan fingerprint density at radius 1 is 1.08 bits per heavy atom. The largest absolute Gasteiger partial charge is 0.364 e. The van der Waals surface area contributed by atoms with Gasteiger partial charge in [0.2, 0.25) is 0 Å². The highest BCUT2D eigenvalue weighted by atomic mass is 19.1. The topological polar surface area (TPSA) is 67.2 Å². The number of carbonyl (C=O) groups is 1. The van der Waals surface area contributed by atoms with Gasteiger partial charge >= 0.3 is 6.03 Å². The predicted molar refractivity (Wildman–Crippen MR) is 86.6 cm³/mol. The van der Waals surface area contributed by atoms with Gasteiger partial charge in [0.25, 0.3) is 0 Å². The van der Waals surface area contributed by atoms with Crippen molar-refractivity contribution in [1.29, 1.82) is 0 Å². The molecule has 2 N–H and O–H groups in total. The molecule has 2 amide bonds. The fourth-order valence-electron chi connectivity index (χ4n) is 2.37. The number of nitrogens with zero attached hydrogens (tertiary/aromatic N) is 1. The number of carbonyl (C=O) groups excluding carboxylic acids is 1. The third-order valence-electron chi connectivity index (χ3n) is 3.51. The van der Waals surface area contributed by atoms with Gasteiger partial charge in [0.05, 0.1) is 12.6 Å². The fourth-order valence-corrected chi connectivity index (χ4v) is 2.37. The second-order valence-corrected chi connectivity index (χ2v) is 5.22. The lowest BCUT2D eigenvalue weighted by molar-refractivity contribution is 0.238. The van der Waals surface area contributed by atoms with Crippen LogP contribution >= 0.6 is 0 Å². The number of hydrogen-bond acceptors (Lipinski definition) is 3. The molecule has 122 valence electrons. The Morgan fingerprint density at radius 2 is 1.88 bits per heavy atom. The third-order valence-corrected chi connectivity index (χ3v) is 3.51. The normalized spacial score (nSPS) is 11.7. The van der Waals surface area contributed by atoms with E-state index in [1.165, 1.54) is 18.4 Å². The summed E-state index contributed by atoms with van der Waals surface area (Å²) in [7, 11) is 0. The lowest BCUT2D eigenvalue weighted by atomic mass is 9.99. The number of benzene rings is 2. The molecule has 0 saturated heterocycles. The smallest absolute Gasteiger partial charge is 0.315 e. The molecule has 24 heavy (non-hydrogen) atoms. The number of nitrogens with one attached hydrogen (secondary N) is 2. The number of rotatable bonds is 5. The lowest BCUT2D eigenvalue weighted by Gasteiger charge is -2.20. The predicted octanol–water partition coefficient (Wildman–Crippen LogP) is 3.40. The Kier molecular flexibility index (Phi) is 4.86. The Morgan fingerprint density at radius 3 is 2.58 bits per heavy atom. The first-order chi connectivity index (χ1) is 11.7. The van der Waals surface area contributed by atoms with E-state index >= 15 is 0 Å². The van der Waals surface area contributed by atoms with Crippen LogP contribution in [-0.4, -0.2) is 11.2 Å². The summed E-state index contributed by atoms with van der Waals surface area (Å²) >= 11 is 0. The second kappa shape index (κ2) is 7.41. The van der Waals surface area contributed by atoms with Crippen molar-refractivity contribution in [1.82, 2.24) is 15.8 Å². The number of halogens is 1. The van der Waals surface area contributed by atoms with E-state index in [0.29, 0.717) is 11.3 Å². The summed E-state index contributed by atoms with van der Waals surface area (Å²) < 4.78 is 18.3. The van der Waals surface area contributed by atoms with E-state index in [4.69, 9.17) is 4.52 Å². The highest BCUT2D eigenvalue weighted by Crippen LogP contribution is 2.22.